The summed E-state index contributed by atoms with van der Waals surface area (Å²) < 4.78 is 6.41. The van der Waals surface area contributed by atoms with Crippen LogP contribution < -0.4 is 4.90 Å². The number of fused-ring (bicyclic) bond motifs is 5. The molecule has 58 heavy (non-hydrogen) atoms. The molecule has 0 fully saturated rings. The Morgan fingerprint density at radius 1 is 0.293 bits per heavy atom. The van der Waals surface area contributed by atoms with E-state index in [0.717, 1.165) is 39.0 Å². The Balaban J connectivity index is 1.04. The van der Waals surface area contributed by atoms with Crippen molar-refractivity contribution in [3.63, 3.8) is 0 Å². The van der Waals surface area contributed by atoms with Crippen LogP contribution in [0.4, 0.5) is 17.1 Å². The molecule has 1 aromatic heterocycles. The number of furan rings is 1. The second-order valence-corrected chi connectivity index (χ2v) is 14.9. The van der Waals surface area contributed by atoms with Crippen molar-refractivity contribution >= 4 is 60.5 Å². The molecule has 272 valence electrons. The lowest BCUT2D eigenvalue weighted by Crippen LogP contribution is -2.10. The first-order valence-electron chi connectivity index (χ1n) is 19.8. The van der Waals surface area contributed by atoms with Crippen molar-refractivity contribution in [1.82, 2.24) is 0 Å². The van der Waals surface area contributed by atoms with Gasteiger partial charge < -0.3 is 9.32 Å². The van der Waals surface area contributed by atoms with Crippen LogP contribution in [0.2, 0.25) is 0 Å². The lowest BCUT2D eigenvalue weighted by molar-refractivity contribution is 0.669. The van der Waals surface area contributed by atoms with Crippen molar-refractivity contribution in [2.75, 3.05) is 4.90 Å². The molecule has 0 radical (unpaired) electrons. The molecule has 0 aliphatic heterocycles. The Hall–Kier alpha value is -7.68. The van der Waals surface area contributed by atoms with E-state index in [-0.39, 0.29) is 0 Å². The summed E-state index contributed by atoms with van der Waals surface area (Å²) in [5.41, 5.74) is 14.6. The first-order chi connectivity index (χ1) is 28.8. The summed E-state index contributed by atoms with van der Waals surface area (Å²) in [6.07, 6.45) is 0. The Morgan fingerprint density at radius 3 is 1.50 bits per heavy atom. The Labute approximate surface area is 337 Å². The van der Waals surface area contributed by atoms with Gasteiger partial charge in [0.25, 0.3) is 0 Å². The molecule has 0 saturated heterocycles. The molecule has 0 atom stereocenters. The molecule has 11 aromatic rings. The van der Waals surface area contributed by atoms with Gasteiger partial charge in [-0.15, -0.1) is 0 Å². The summed E-state index contributed by atoms with van der Waals surface area (Å²) in [7, 11) is 0. The summed E-state index contributed by atoms with van der Waals surface area (Å²) in [6.45, 7) is 0. The lowest BCUT2D eigenvalue weighted by Gasteiger charge is -2.27. The summed E-state index contributed by atoms with van der Waals surface area (Å²) in [5, 5.41) is 7.16. The number of benzene rings is 10. The van der Waals surface area contributed by atoms with Gasteiger partial charge in [-0.2, -0.15) is 0 Å². The molecule has 0 aliphatic carbocycles. The topological polar surface area (TPSA) is 16.4 Å². The number of para-hydroxylation sites is 1. The quantitative estimate of drug-likeness (QED) is 0.162. The normalized spacial score (nSPS) is 11.4. The Kier molecular flexibility index (Phi) is 8.19. The number of rotatable bonds is 7. The predicted octanol–water partition coefficient (Wildman–Crippen LogP) is 16.0. The van der Waals surface area contributed by atoms with E-state index in [0.29, 0.717) is 0 Å². The Morgan fingerprint density at radius 2 is 0.810 bits per heavy atom. The highest BCUT2D eigenvalue weighted by Crippen LogP contribution is 2.44. The maximum absolute atomic E-state index is 6.41. The van der Waals surface area contributed by atoms with E-state index in [1.807, 2.05) is 12.1 Å². The van der Waals surface area contributed by atoms with E-state index < -0.39 is 0 Å². The number of anilines is 3. The van der Waals surface area contributed by atoms with Gasteiger partial charge >= 0.3 is 0 Å². The maximum atomic E-state index is 6.41. The van der Waals surface area contributed by atoms with Gasteiger partial charge in [0.05, 0.1) is 11.1 Å². The van der Waals surface area contributed by atoms with Gasteiger partial charge in [-0.25, -0.2) is 0 Å². The average Bonchev–Trinajstić information content (AvgIpc) is 3.69. The minimum absolute atomic E-state index is 0.867. The summed E-state index contributed by atoms with van der Waals surface area (Å²) >= 11 is 0. The molecular formula is C56H37NO. The first kappa shape index (κ1) is 33.6. The predicted molar refractivity (Wildman–Crippen MR) is 245 cm³/mol. The van der Waals surface area contributed by atoms with Gasteiger partial charge in [0.1, 0.15) is 11.2 Å². The standard InChI is InChI=1S/C56H37NO/c1-3-13-39(14-4-1)47-21-9-17-41-27-28-44(37-51(41)47)38-29-33-45(34-30-38)57(52-24-12-26-54-56(52)50-20-7-8-25-53(50)58-54)46-35-31-42(32-36-46)49-23-11-19-43-18-10-22-48(55(43)49)40-15-5-2-6-16-40/h1-37H. The molecule has 1 heterocycles. The smallest absolute Gasteiger partial charge is 0.137 e. The molecule has 0 saturated carbocycles. The summed E-state index contributed by atoms with van der Waals surface area (Å²) in [6, 6.07) is 80.6. The number of hydrogen-bond donors (Lipinski definition) is 0. The molecule has 0 unspecified atom stereocenters. The monoisotopic (exact) mass is 739 g/mol. The van der Waals surface area contributed by atoms with Crippen molar-refractivity contribution in [3.8, 4) is 44.5 Å². The van der Waals surface area contributed by atoms with E-state index in [2.05, 4.69) is 217 Å². The van der Waals surface area contributed by atoms with E-state index in [1.165, 1.54) is 66.1 Å². The van der Waals surface area contributed by atoms with Crippen LogP contribution in [0.15, 0.2) is 229 Å². The van der Waals surface area contributed by atoms with Crippen molar-refractivity contribution in [2.45, 2.75) is 0 Å². The zero-order chi connectivity index (χ0) is 38.4. The minimum Gasteiger partial charge on any atom is -0.456 e. The molecular weight excluding hydrogens is 703 g/mol. The zero-order valence-corrected chi connectivity index (χ0v) is 31.7. The fourth-order valence-corrected chi connectivity index (χ4v) is 8.72. The van der Waals surface area contributed by atoms with Crippen LogP contribution in [-0.2, 0) is 0 Å². The molecule has 0 amide bonds. The average molecular weight is 740 g/mol. The van der Waals surface area contributed by atoms with Crippen molar-refractivity contribution in [1.29, 1.82) is 0 Å². The minimum atomic E-state index is 0.867. The van der Waals surface area contributed by atoms with Crippen LogP contribution in [0.25, 0.3) is 88.0 Å². The van der Waals surface area contributed by atoms with Gasteiger partial charge in [0.15, 0.2) is 0 Å². The van der Waals surface area contributed by atoms with Gasteiger partial charge in [-0.05, 0) is 115 Å². The summed E-state index contributed by atoms with van der Waals surface area (Å²) in [5.74, 6) is 0. The number of hydrogen-bond acceptors (Lipinski definition) is 2. The molecule has 11 rings (SSSR count). The van der Waals surface area contributed by atoms with Crippen LogP contribution in [0.1, 0.15) is 0 Å². The first-order valence-corrected chi connectivity index (χ1v) is 19.8. The molecule has 0 aliphatic rings. The third-order valence-corrected chi connectivity index (χ3v) is 11.5. The molecule has 0 N–H and O–H groups in total. The second kappa shape index (κ2) is 14.1. The molecule has 10 aromatic carbocycles. The Bertz CT molecular complexity index is 3250. The highest BCUT2D eigenvalue weighted by Gasteiger charge is 2.20. The SMILES string of the molecule is c1ccc(-c2cccc3ccc(-c4ccc(N(c5ccc(-c6cccc7cccc(-c8ccccc8)c67)cc5)c5cccc6oc7ccccc7c56)cc4)cc23)cc1. The van der Waals surface area contributed by atoms with Crippen molar-refractivity contribution in [3.05, 3.63) is 224 Å². The van der Waals surface area contributed by atoms with Crippen molar-refractivity contribution < 1.29 is 4.42 Å². The van der Waals surface area contributed by atoms with E-state index in [9.17, 15) is 0 Å². The van der Waals surface area contributed by atoms with Crippen LogP contribution >= 0.6 is 0 Å². The third-order valence-electron chi connectivity index (χ3n) is 11.5. The van der Waals surface area contributed by atoms with Gasteiger partial charge in [-0.1, -0.05) is 176 Å². The highest BCUT2D eigenvalue weighted by atomic mass is 16.3. The molecule has 0 bridgehead atoms. The van der Waals surface area contributed by atoms with Crippen LogP contribution in [0.5, 0.6) is 0 Å². The van der Waals surface area contributed by atoms with Gasteiger partial charge in [0.2, 0.25) is 0 Å². The van der Waals surface area contributed by atoms with Crippen LogP contribution in [0.3, 0.4) is 0 Å². The van der Waals surface area contributed by atoms with E-state index >= 15 is 0 Å². The molecule has 2 nitrogen and oxygen atoms in total. The molecule has 0 spiro atoms. The third kappa shape index (κ3) is 5.82. The second-order valence-electron chi connectivity index (χ2n) is 14.9. The number of nitrogens with zero attached hydrogens (tertiary/aromatic N) is 1. The fourth-order valence-electron chi connectivity index (χ4n) is 8.72. The van der Waals surface area contributed by atoms with Crippen LogP contribution in [0, 0.1) is 0 Å². The fraction of sp³-hybridized carbons (Fsp3) is 0. The van der Waals surface area contributed by atoms with Gasteiger partial charge in [-0.3, -0.25) is 0 Å². The maximum Gasteiger partial charge on any atom is 0.137 e. The van der Waals surface area contributed by atoms with Gasteiger partial charge in [0, 0.05) is 16.8 Å². The lowest BCUT2D eigenvalue weighted by atomic mass is 9.91. The largest absolute Gasteiger partial charge is 0.456 e. The van der Waals surface area contributed by atoms with E-state index in [4.69, 9.17) is 4.42 Å². The highest BCUT2D eigenvalue weighted by molar-refractivity contribution is 6.13. The summed E-state index contributed by atoms with van der Waals surface area (Å²) in [4.78, 5) is 2.37. The zero-order valence-electron chi connectivity index (χ0n) is 31.7. The van der Waals surface area contributed by atoms with Crippen molar-refractivity contribution in [2.24, 2.45) is 0 Å². The molecule has 2 heteroatoms. The van der Waals surface area contributed by atoms with Crippen LogP contribution in [-0.4, -0.2) is 0 Å². The van der Waals surface area contributed by atoms with E-state index in [1.54, 1.807) is 0 Å².